The molecule has 0 saturated carbocycles. The summed E-state index contributed by atoms with van der Waals surface area (Å²) in [5.74, 6) is 0.549. The Balaban J connectivity index is 3.08. The Kier molecular flexibility index (Phi) is 2.21. The maximum atomic E-state index is 8.74. The number of hydrogen-bond acceptors (Lipinski definition) is 4. The van der Waals surface area contributed by atoms with E-state index in [9.17, 15) is 0 Å². The molecule has 0 aliphatic rings. The van der Waals surface area contributed by atoms with Crippen LogP contribution in [0.5, 0.6) is 0 Å². The van der Waals surface area contributed by atoms with Crippen molar-refractivity contribution in [3.8, 4) is 0 Å². The molecule has 1 rings (SSSR count). The smallest absolute Gasteiger partial charge is 0.422 e. The van der Waals surface area contributed by atoms with E-state index in [-0.39, 0.29) is 5.59 Å². The summed E-state index contributed by atoms with van der Waals surface area (Å²) in [5, 5.41) is 17.5. The lowest BCUT2D eigenvalue weighted by atomic mass is 9.85. The van der Waals surface area contributed by atoms with E-state index < -0.39 is 7.12 Å². The van der Waals surface area contributed by atoms with Crippen LogP contribution in [0.25, 0.3) is 0 Å². The summed E-state index contributed by atoms with van der Waals surface area (Å²) in [6.45, 7) is 3.49. The minimum atomic E-state index is -1.50. The Morgan fingerprint density at radius 1 is 1.27 bits per heavy atom. The topological polar surface area (TPSA) is 66.2 Å². The van der Waals surface area contributed by atoms with Gasteiger partial charge in [-0.15, -0.1) is 0 Å². The molecule has 0 aliphatic heterocycles. The van der Waals surface area contributed by atoms with Crippen LogP contribution in [0.15, 0.2) is 6.07 Å². The molecule has 0 aliphatic carbocycles. The molecule has 0 saturated heterocycles. The van der Waals surface area contributed by atoms with Gasteiger partial charge >= 0.3 is 7.12 Å². The zero-order valence-electron chi connectivity index (χ0n) is 6.44. The molecule has 58 valence electrons. The summed E-state index contributed by atoms with van der Waals surface area (Å²) in [7, 11) is -1.50. The third-order valence-corrected chi connectivity index (χ3v) is 1.25. The van der Waals surface area contributed by atoms with Crippen LogP contribution in [0.1, 0.15) is 11.5 Å². The first kappa shape index (κ1) is 8.16. The first-order valence-corrected chi connectivity index (χ1v) is 3.28. The number of rotatable bonds is 1. The van der Waals surface area contributed by atoms with Gasteiger partial charge in [-0.3, -0.25) is 0 Å². The van der Waals surface area contributed by atoms with E-state index in [0.29, 0.717) is 5.82 Å². The number of aryl methyl sites for hydroxylation is 2. The van der Waals surface area contributed by atoms with Crippen LogP contribution < -0.4 is 5.59 Å². The molecule has 4 nitrogen and oxygen atoms in total. The van der Waals surface area contributed by atoms with E-state index in [1.807, 2.05) is 0 Å². The van der Waals surface area contributed by atoms with Gasteiger partial charge in [-0.1, -0.05) is 0 Å². The summed E-state index contributed by atoms with van der Waals surface area (Å²) in [4.78, 5) is 7.81. The Labute approximate surface area is 65.1 Å². The molecule has 0 unspecified atom stereocenters. The van der Waals surface area contributed by atoms with Gasteiger partial charge in [0.1, 0.15) is 5.82 Å². The minimum Gasteiger partial charge on any atom is -0.422 e. The average Bonchev–Trinajstić information content (AvgIpc) is 1.85. The Morgan fingerprint density at radius 2 is 1.91 bits per heavy atom. The van der Waals surface area contributed by atoms with E-state index in [0.717, 1.165) is 5.69 Å². The van der Waals surface area contributed by atoms with Gasteiger partial charge in [0.25, 0.3) is 0 Å². The van der Waals surface area contributed by atoms with E-state index in [1.54, 1.807) is 13.8 Å². The first-order valence-electron chi connectivity index (χ1n) is 3.28. The van der Waals surface area contributed by atoms with Crippen LogP contribution in [-0.4, -0.2) is 27.1 Å². The second-order valence-electron chi connectivity index (χ2n) is 2.36. The zero-order valence-corrected chi connectivity index (χ0v) is 6.44. The standard InChI is InChI=1S/C6H9BN2O2/c1-4-3-6(7(10)11)9-5(2)8-4/h3,10-11H,1-2H3. The SMILES string of the molecule is Cc1cc(B(O)O)nc(C)n1. The molecule has 1 heterocycles. The number of hydrogen-bond donors (Lipinski definition) is 2. The predicted molar refractivity (Wildman–Crippen MR) is 41.3 cm³/mol. The maximum absolute atomic E-state index is 8.74. The first-order chi connectivity index (χ1) is 5.09. The summed E-state index contributed by atoms with van der Waals surface area (Å²) < 4.78 is 0. The molecule has 0 amide bonds. The Bertz CT molecular complexity index is 245. The van der Waals surface area contributed by atoms with E-state index >= 15 is 0 Å². The molecule has 0 bridgehead atoms. The monoisotopic (exact) mass is 152 g/mol. The van der Waals surface area contributed by atoms with Gasteiger partial charge in [0.05, 0.1) is 5.59 Å². The van der Waals surface area contributed by atoms with Gasteiger partial charge in [0.2, 0.25) is 0 Å². The van der Waals surface area contributed by atoms with Gasteiger partial charge in [-0.25, -0.2) is 9.97 Å². The molecule has 0 fully saturated rings. The van der Waals surface area contributed by atoms with Crippen molar-refractivity contribution >= 4 is 12.7 Å². The molecule has 11 heavy (non-hydrogen) atoms. The molecule has 1 aromatic heterocycles. The summed E-state index contributed by atoms with van der Waals surface area (Å²) in [6.07, 6.45) is 0. The van der Waals surface area contributed by atoms with Crippen molar-refractivity contribution in [2.24, 2.45) is 0 Å². The highest BCUT2D eigenvalue weighted by atomic mass is 16.4. The van der Waals surface area contributed by atoms with Gasteiger partial charge in [-0.2, -0.15) is 0 Å². The lowest BCUT2D eigenvalue weighted by Gasteiger charge is -2.00. The predicted octanol–water partition coefficient (Wildman–Crippen LogP) is -1.23. The number of aromatic nitrogens is 2. The number of nitrogens with zero attached hydrogens (tertiary/aromatic N) is 2. The normalized spacial score (nSPS) is 9.82. The lowest BCUT2D eigenvalue weighted by molar-refractivity contribution is 0.424. The highest BCUT2D eigenvalue weighted by Crippen LogP contribution is 1.89. The van der Waals surface area contributed by atoms with E-state index in [1.165, 1.54) is 6.07 Å². The largest absolute Gasteiger partial charge is 0.508 e. The van der Waals surface area contributed by atoms with Crippen molar-refractivity contribution in [1.82, 2.24) is 9.97 Å². The van der Waals surface area contributed by atoms with Crippen molar-refractivity contribution in [3.05, 3.63) is 17.6 Å². The molecule has 0 atom stereocenters. The van der Waals surface area contributed by atoms with Gasteiger partial charge in [0.15, 0.2) is 0 Å². The molecule has 0 radical (unpaired) electrons. The molecule has 5 heteroatoms. The maximum Gasteiger partial charge on any atom is 0.508 e. The molecule has 2 N–H and O–H groups in total. The van der Waals surface area contributed by atoms with Crippen LogP contribution in [0, 0.1) is 13.8 Å². The fraction of sp³-hybridized carbons (Fsp3) is 0.333. The second-order valence-corrected chi connectivity index (χ2v) is 2.36. The van der Waals surface area contributed by atoms with Crippen LogP contribution in [0.4, 0.5) is 0 Å². The third kappa shape index (κ3) is 1.99. The summed E-state index contributed by atoms with van der Waals surface area (Å²) >= 11 is 0. The molecular weight excluding hydrogens is 143 g/mol. The van der Waals surface area contributed by atoms with Crippen molar-refractivity contribution < 1.29 is 10.0 Å². The molecule has 1 aromatic rings. The second kappa shape index (κ2) is 2.98. The van der Waals surface area contributed by atoms with Crippen molar-refractivity contribution in [2.45, 2.75) is 13.8 Å². The fourth-order valence-corrected chi connectivity index (χ4v) is 0.878. The van der Waals surface area contributed by atoms with Crippen LogP contribution in [0.2, 0.25) is 0 Å². The van der Waals surface area contributed by atoms with E-state index in [2.05, 4.69) is 9.97 Å². The summed E-state index contributed by atoms with van der Waals surface area (Å²) in [6, 6.07) is 1.54. The third-order valence-electron chi connectivity index (χ3n) is 1.25. The van der Waals surface area contributed by atoms with Crippen LogP contribution >= 0.6 is 0 Å². The Hall–Kier alpha value is -0.935. The van der Waals surface area contributed by atoms with E-state index in [4.69, 9.17) is 10.0 Å². The van der Waals surface area contributed by atoms with Gasteiger partial charge in [-0.05, 0) is 19.9 Å². The van der Waals surface area contributed by atoms with Gasteiger partial charge < -0.3 is 10.0 Å². The highest BCUT2D eigenvalue weighted by molar-refractivity contribution is 6.57. The minimum absolute atomic E-state index is 0.245. The lowest BCUT2D eigenvalue weighted by Crippen LogP contribution is -2.33. The zero-order chi connectivity index (χ0) is 8.43. The van der Waals surface area contributed by atoms with Gasteiger partial charge in [0, 0.05) is 5.69 Å². The molecule has 0 spiro atoms. The average molecular weight is 152 g/mol. The summed E-state index contributed by atoms with van der Waals surface area (Å²) in [5.41, 5.74) is 0.982. The fourth-order valence-electron chi connectivity index (χ4n) is 0.878. The Morgan fingerprint density at radius 3 is 2.36 bits per heavy atom. The molecular formula is C6H9BN2O2. The molecule has 0 aromatic carbocycles. The van der Waals surface area contributed by atoms with Crippen LogP contribution in [-0.2, 0) is 0 Å². The van der Waals surface area contributed by atoms with Crippen molar-refractivity contribution in [3.63, 3.8) is 0 Å². The van der Waals surface area contributed by atoms with Crippen LogP contribution in [0.3, 0.4) is 0 Å². The quantitative estimate of drug-likeness (QED) is 0.494. The highest BCUT2D eigenvalue weighted by Gasteiger charge is 2.13. The van der Waals surface area contributed by atoms with Crippen molar-refractivity contribution in [2.75, 3.05) is 0 Å². The van der Waals surface area contributed by atoms with Crippen molar-refractivity contribution in [1.29, 1.82) is 0 Å².